The number of rotatable bonds is 5. The number of nitrogens with one attached hydrogen (secondary N) is 1. The van der Waals surface area contributed by atoms with Crippen LogP contribution in [0.2, 0.25) is 0 Å². The van der Waals surface area contributed by atoms with Gasteiger partial charge in [0.05, 0.1) is 7.11 Å². The molecule has 2 aromatic rings. The van der Waals surface area contributed by atoms with Gasteiger partial charge in [-0.1, -0.05) is 6.07 Å². The Kier molecular flexibility index (Phi) is 5.13. The number of pyridine rings is 1. The number of anilines is 2. The van der Waals surface area contributed by atoms with E-state index in [1.807, 2.05) is 24.3 Å². The number of ether oxygens (including phenoxy) is 1. The molecule has 1 aromatic heterocycles. The van der Waals surface area contributed by atoms with Crippen molar-refractivity contribution in [3.05, 3.63) is 42.6 Å². The molecule has 1 fully saturated rings. The predicted molar refractivity (Wildman–Crippen MR) is 99.2 cm³/mol. The first-order valence-electron chi connectivity index (χ1n) is 8.28. The number of aromatic nitrogens is 1. The van der Waals surface area contributed by atoms with E-state index >= 15 is 0 Å². The van der Waals surface area contributed by atoms with Crippen molar-refractivity contribution >= 4 is 21.3 Å². The van der Waals surface area contributed by atoms with E-state index in [2.05, 4.69) is 15.2 Å². The fourth-order valence-electron chi connectivity index (χ4n) is 3.09. The lowest BCUT2D eigenvalue weighted by Gasteiger charge is -2.34. The van der Waals surface area contributed by atoms with Gasteiger partial charge in [-0.15, -0.1) is 0 Å². The topological polar surface area (TPSA) is 71.5 Å². The number of benzene rings is 1. The van der Waals surface area contributed by atoms with E-state index in [-0.39, 0.29) is 0 Å². The van der Waals surface area contributed by atoms with Crippen LogP contribution in [-0.4, -0.2) is 45.9 Å². The zero-order valence-corrected chi connectivity index (χ0v) is 15.3. The van der Waals surface area contributed by atoms with Crippen LogP contribution in [0.5, 0.6) is 5.75 Å². The summed E-state index contributed by atoms with van der Waals surface area (Å²) < 4.78 is 29.2. The van der Waals surface area contributed by atoms with Crippen LogP contribution in [0.3, 0.4) is 0 Å². The number of piperidine rings is 1. The molecular formula is C18H23N3O3S. The van der Waals surface area contributed by atoms with Crippen LogP contribution in [0.25, 0.3) is 0 Å². The van der Waals surface area contributed by atoms with Crippen LogP contribution in [-0.2, 0) is 9.84 Å². The van der Waals surface area contributed by atoms with Crippen LogP contribution >= 0.6 is 0 Å². The molecule has 0 bridgehead atoms. The summed E-state index contributed by atoms with van der Waals surface area (Å²) in [6, 6.07) is 11.5. The number of nitrogens with zero attached hydrogens (tertiary/aromatic N) is 2. The van der Waals surface area contributed by atoms with E-state index in [1.165, 1.54) is 6.26 Å². The summed E-state index contributed by atoms with van der Waals surface area (Å²) in [5, 5.41) is 3.53. The molecule has 0 amide bonds. The fourth-order valence-corrected chi connectivity index (χ4v) is 3.93. The Balaban J connectivity index is 1.66. The molecule has 0 atom stereocenters. The van der Waals surface area contributed by atoms with Gasteiger partial charge in [0.15, 0.2) is 9.84 Å². The first-order chi connectivity index (χ1) is 12.0. The summed E-state index contributed by atoms with van der Waals surface area (Å²) >= 11 is 0. The van der Waals surface area contributed by atoms with Crippen molar-refractivity contribution in [2.75, 3.05) is 36.7 Å². The van der Waals surface area contributed by atoms with Crippen molar-refractivity contribution in [2.24, 2.45) is 0 Å². The van der Waals surface area contributed by atoms with Gasteiger partial charge >= 0.3 is 0 Å². The van der Waals surface area contributed by atoms with Crippen LogP contribution in [0.15, 0.2) is 47.5 Å². The smallest absolute Gasteiger partial charge is 0.179 e. The minimum Gasteiger partial charge on any atom is -0.497 e. The zero-order valence-electron chi connectivity index (χ0n) is 14.5. The SMILES string of the molecule is COc1cccc(NC2CCN(c3ncccc3S(C)(=O)=O)CC2)c1. The Morgan fingerprint density at radius 2 is 1.96 bits per heavy atom. The third-order valence-electron chi connectivity index (χ3n) is 4.39. The maximum atomic E-state index is 12.0. The first-order valence-corrected chi connectivity index (χ1v) is 10.2. The Morgan fingerprint density at radius 3 is 2.64 bits per heavy atom. The van der Waals surface area contributed by atoms with Gasteiger partial charge in [0.2, 0.25) is 0 Å². The molecule has 1 aliphatic rings. The lowest BCUT2D eigenvalue weighted by molar-refractivity contribution is 0.415. The summed E-state index contributed by atoms with van der Waals surface area (Å²) in [6.07, 6.45) is 4.70. The van der Waals surface area contributed by atoms with Crippen molar-refractivity contribution in [1.82, 2.24) is 4.98 Å². The van der Waals surface area contributed by atoms with Gasteiger partial charge in [-0.05, 0) is 37.1 Å². The van der Waals surface area contributed by atoms with Crippen molar-refractivity contribution in [3.63, 3.8) is 0 Å². The van der Waals surface area contributed by atoms with Crippen molar-refractivity contribution in [3.8, 4) is 5.75 Å². The number of hydrogen-bond acceptors (Lipinski definition) is 6. The molecular weight excluding hydrogens is 338 g/mol. The molecule has 1 saturated heterocycles. The van der Waals surface area contributed by atoms with Crippen LogP contribution in [0, 0.1) is 0 Å². The van der Waals surface area contributed by atoms with E-state index in [0.717, 1.165) is 37.4 Å². The molecule has 0 radical (unpaired) electrons. The first kappa shape index (κ1) is 17.5. The summed E-state index contributed by atoms with van der Waals surface area (Å²) in [4.78, 5) is 6.67. The normalized spacial score (nSPS) is 15.8. The molecule has 2 heterocycles. The summed E-state index contributed by atoms with van der Waals surface area (Å²) in [6.45, 7) is 1.53. The summed E-state index contributed by atoms with van der Waals surface area (Å²) in [5.74, 6) is 1.39. The largest absolute Gasteiger partial charge is 0.497 e. The number of hydrogen-bond donors (Lipinski definition) is 1. The van der Waals surface area contributed by atoms with Gasteiger partial charge in [0.25, 0.3) is 0 Å². The molecule has 1 N–H and O–H groups in total. The highest BCUT2D eigenvalue weighted by molar-refractivity contribution is 7.90. The van der Waals surface area contributed by atoms with Gasteiger partial charge in [0.1, 0.15) is 16.5 Å². The zero-order chi connectivity index (χ0) is 17.9. The molecule has 3 rings (SSSR count). The third kappa shape index (κ3) is 4.22. The van der Waals surface area contributed by atoms with E-state index in [9.17, 15) is 8.42 Å². The molecule has 25 heavy (non-hydrogen) atoms. The van der Waals surface area contributed by atoms with Gasteiger partial charge in [0, 0.05) is 43.3 Å². The number of sulfone groups is 1. The van der Waals surface area contributed by atoms with Gasteiger partial charge in [-0.2, -0.15) is 0 Å². The second-order valence-electron chi connectivity index (χ2n) is 6.23. The monoisotopic (exact) mass is 361 g/mol. The Hall–Kier alpha value is -2.28. The maximum Gasteiger partial charge on any atom is 0.179 e. The van der Waals surface area contributed by atoms with Gasteiger partial charge in [-0.25, -0.2) is 13.4 Å². The quantitative estimate of drug-likeness (QED) is 0.883. The lowest BCUT2D eigenvalue weighted by Crippen LogP contribution is -2.40. The highest BCUT2D eigenvalue weighted by Crippen LogP contribution is 2.27. The second kappa shape index (κ2) is 7.31. The predicted octanol–water partition coefficient (Wildman–Crippen LogP) is 2.57. The van der Waals surface area contributed by atoms with Gasteiger partial charge < -0.3 is 15.0 Å². The molecule has 134 valence electrons. The Morgan fingerprint density at radius 1 is 1.20 bits per heavy atom. The molecule has 0 saturated carbocycles. The third-order valence-corrected chi connectivity index (χ3v) is 5.50. The van der Waals surface area contributed by atoms with E-state index in [4.69, 9.17) is 4.74 Å². The Bertz CT molecular complexity index is 831. The molecule has 1 aliphatic heterocycles. The van der Waals surface area contributed by atoms with Crippen LogP contribution in [0.1, 0.15) is 12.8 Å². The fraction of sp³-hybridized carbons (Fsp3) is 0.389. The van der Waals surface area contributed by atoms with Crippen molar-refractivity contribution in [1.29, 1.82) is 0 Å². The maximum absolute atomic E-state index is 12.0. The van der Waals surface area contributed by atoms with Gasteiger partial charge in [-0.3, -0.25) is 0 Å². The minimum atomic E-state index is -3.29. The molecule has 6 nitrogen and oxygen atoms in total. The average Bonchev–Trinajstić information content (AvgIpc) is 2.62. The van der Waals surface area contributed by atoms with E-state index in [0.29, 0.717) is 16.8 Å². The van der Waals surface area contributed by atoms with Crippen molar-refractivity contribution in [2.45, 2.75) is 23.8 Å². The standard InChI is InChI=1S/C18H23N3O3S/c1-24-16-6-3-5-15(13-16)20-14-8-11-21(12-9-14)18-17(25(2,22)23)7-4-10-19-18/h3-7,10,13-14,20H,8-9,11-12H2,1-2H3. The molecule has 0 spiro atoms. The number of methoxy groups -OCH3 is 1. The minimum absolute atomic E-state index is 0.300. The molecule has 7 heteroatoms. The van der Waals surface area contributed by atoms with E-state index in [1.54, 1.807) is 25.4 Å². The molecule has 0 aliphatic carbocycles. The summed E-state index contributed by atoms with van der Waals surface area (Å²) in [7, 11) is -1.63. The van der Waals surface area contributed by atoms with Crippen molar-refractivity contribution < 1.29 is 13.2 Å². The average molecular weight is 361 g/mol. The second-order valence-corrected chi connectivity index (χ2v) is 8.22. The Labute approximate surface area is 148 Å². The van der Waals surface area contributed by atoms with E-state index < -0.39 is 9.84 Å². The highest BCUT2D eigenvalue weighted by atomic mass is 32.2. The van der Waals surface area contributed by atoms with Crippen LogP contribution < -0.4 is 15.0 Å². The molecule has 0 unspecified atom stereocenters. The lowest BCUT2D eigenvalue weighted by atomic mass is 10.0. The summed E-state index contributed by atoms with van der Waals surface area (Å²) in [5.41, 5.74) is 1.03. The molecule has 1 aromatic carbocycles. The highest BCUT2D eigenvalue weighted by Gasteiger charge is 2.24. The van der Waals surface area contributed by atoms with Crippen LogP contribution in [0.4, 0.5) is 11.5 Å².